The standard InChI is InChI=1S/C13H20O4/c1-8(14)16-6-12-10-3-4-11(5-10)13(12)7-17-9(2)15/h10-13H,3-7H2,1-2H3/t10-,11+,12-,13-/m0/s1. The van der Waals surface area contributed by atoms with Gasteiger partial charge in [0.2, 0.25) is 0 Å². The van der Waals surface area contributed by atoms with Gasteiger partial charge in [-0.05, 0) is 31.1 Å². The first-order valence-corrected chi connectivity index (χ1v) is 6.34. The quantitative estimate of drug-likeness (QED) is 0.703. The van der Waals surface area contributed by atoms with Gasteiger partial charge in [0.1, 0.15) is 0 Å². The third kappa shape index (κ3) is 2.79. The third-order valence-electron chi connectivity index (χ3n) is 4.23. The van der Waals surface area contributed by atoms with Gasteiger partial charge in [-0.2, -0.15) is 0 Å². The molecule has 2 rings (SSSR count). The van der Waals surface area contributed by atoms with Crippen molar-refractivity contribution in [3.63, 3.8) is 0 Å². The van der Waals surface area contributed by atoms with E-state index < -0.39 is 0 Å². The molecule has 4 nitrogen and oxygen atoms in total. The van der Waals surface area contributed by atoms with Crippen LogP contribution in [0.5, 0.6) is 0 Å². The Morgan fingerprint density at radius 3 is 1.71 bits per heavy atom. The average molecular weight is 240 g/mol. The summed E-state index contributed by atoms with van der Waals surface area (Å²) < 4.78 is 10.3. The van der Waals surface area contributed by atoms with E-state index in [4.69, 9.17) is 9.47 Å². The molecule has 2 aliphatic rings. The van der Waals surface area contributed by atoms with Crippen molar-refractivity contribution in [3.05, 3.63) is 0 Å². The van der Waals surface area contributed by atoms with Crippen LogP contribution < -0.4 is 0 Å². The van der Waals surface area contributed by atoms with Crippen LogP contribution in [0.4, 0.5) is 0 Å². The SMILES string of the molecule is CC(=O)OC[C@H]1[C@@H]2CC[C@@H](C2)[C@@H]1COC(C)=O. The first kappa shape index (κ1) is 12.4. The fourth-order valence-electron chi connectivity index (χ4n) is 3.48. The van der Waals surface area contributed by atoms with Gasteiger partial charge >= 0.3 is 11.9 Å². The van der Waals surface area contributed by atoms with Crippen LogP contribution in [0.25, 0.3) is 0 Å². The lowest BCUT2D eigenvalue weighted by Gasteiger charge is -2.30. The van der Waals surface area contributed by atoms with Crippen molar-refractivity contribution in [2.75, 3.05) is 13.2 Å². The molecule has 0 aliphatic heterocycles. The van der Waals surface area contributed by atoms with Crippen LogP contribution in [0, 0.1) is 23.7 Å². The molecule has 4 heteroatoms. The highest BCUT2D eigenvalue weighted by molar-refractivity contribution is 5.66. The highest BCUT2D eigenvalue weighted by atomic mass is 16.5. The number of hydrogen-bond donors (Lipinski definition) is 0. The summed E-state index contributed by atoms with van der Waals surface area (Å²) in [5, 5.41) is 0. The molecule has 17 heavy (non-hydrogen) atoms. The van der Waals surface area contributed by atoms with E-state index in [1.165, 1.54) is 33.1 Å². The Hall–Kier alpha value is -1.06. The number of carbonyl (C=O) groups excluding carboxylic acids is 2. The lowest BCUT2D eigenvalue weighted by Crippen LogP contribution is -2.31. The van der Waals surface area contributed by atoms with Crippen molar-refractivity contribution in [1.29, 1.82) is 0 Å². The van der Waals surface area contributed by atoms with Crippen LogP contribution in [0.3, 0.4) is 0 Å². The molecule has 0 aromatic rings. The van der Waals surface area contributed by atoms with Crippen molar-refractivity contribution in [3.8, 4) is 0 Å². The summed E-state index contributed by atoms with van der Waals surface area (Å²) in [6, 6.07) is 0. The van der Waals surface area contributed by atoms with E-state index in [1.54, 1.807) is 0 Å². The molecule has 2 bridgehead atoms. The lowest BCUT2D eigenvalue weighted by molar-refractivity contribution is -0.148. The topological polar surface area (TPSA) is 52.6 Å². The van der Waals surface area contributed by atoms with Crippen molar-refractivity contribution in [2.45, 2.75) is 33.1 Å². The molecule has 0 saturated heterocycles. The fourth-order valence-corrected chi connectivity index (χ4v) is 3.48. The van der Waals surface area contributed by atoms with E-state index in [2.05, 4.69) is 0 Å². The van der Waals surface area contributed by atoms with E-state index in [0.29, 0.717) is 36.9 Å². The van der Waals surface area contributed by atoms with Gasteiger partial charge < -0.3 is 9.47 Å². The number of carbonyl (C=O) groups is 2. The van der Waals surface area contributed by atoms with E-state index in [-0.39, 0.29) is 11.9 Å². The number of ether oxygens (including phenoxy) is 2. The molecule has 2 fully saturated rings. The minimum atomic E-state index is -0.223. The first-order chi connectivity index (χ1) is 8.08. The Bertz CT molecular complexity index is 283. The largest absolute Gasteiger partial charge is 0.466 e. The van der Waals surface area contributed by atoms with Gasteiger partial charge in [-0.15, -0.1) is 0 Å². The first-order valence-electron chi connectivity index (χ1n) is 6.34. The van der Waals surface area contributed by atoms with Gasteiger partial charge in [-0.3, -0.25) is 9.59 Å². The molecule has 96 valence electrons. The zero-order chi connectivity index (χ0) is 12.4. The van der Waals surface area contributed by atoms with Gasteiger partial charge in [-0.25, -0.2) is 0 Å². The Kier molecular flexibility index (Phi) is 3.69. The summed E-state index contributed by atoms with van der Waals surface area (Å²) in [6.45, 7) is 3.85. The molecule has 0 heterocycles. The lowest BCUT2D eigenvalue weighted by atomic mass is 9.80. The van der Waals surface area contributed by atoms with Gasteiger partial charge in [0, 0.05) is 25.7 Å². The third-order valence-corrected chi connectivity index (χ3v) is 4.23. The smallest absolute Gasteiger partial charge is 0.302 e. The minimum Gasteiger partial charge on any atom is -0.466 e. The molecule has 0 unspecified atom stereocenters. The summed E-state index contributed by atoms with van der Waals surface area (Å²) in [5.41, 5.74) is 0. The summed E-state index contributed by atoms with van der Waals surface area (Å²) in [6.07, 6.45) is 3.66. The van der Waals surface area contributed by atoms with Gasteiger partial charge in [0.25, 0.3) is 0 Å². The maximum Gasteiger partial charge on any atom is 0.302 e. The summed E-state index contributed by atoms with van der Waals surface area (Å²) in [7, 11) is 0. The number of fused-ring (bicyclic) bond motifs is 2. The molecule has 4 atom stereocenters. The van der Waals surface area contributed by atoms with Gasteiger partial charge in [0.15, 0.2) is 0 Å². The van der Waals surface area contributed by atoms with Crippen molar-refractivity contribution < 1.29 is 19.1 Å². The van der Waals surface area contributed by atoms with Crippen LogP contribution in [-0.4, -0.2) is 25.2 Å². The molecule has 0 N–H and O–H groups in total. The van der Waals surface area contributed by atoms with E-state index in [0.717, 1.165) is 0 Å². The molecule has 0 amide bonds. The molecule has 0 aromatic heterocycles. The predicted octanol–water partition coefficient (Wildman–Crippen LogP) is 1.77. The molecule has 0 radical (unpaired) electrons. The maximum atomic E-state index is 10.9. The number of hydrogen-bond acceptors (Lipinski definition) is 4. The average Bonchev–Trinajstić information content (AvgIpc) is 2.83. The minimum absolute atomic E-state index is 0.223. The molecular weight excluding hydrogens is 220 g/mol. The Balaban J connectivity index is 1.91. The zero-order valence-corrected chi connectivity index (χ0v) is 10.5. The van der Waals surface area contributed by atoms with E-state index in [1.807, 2.05) is 0 Å². The summed E-state index contributed by atoms with van der Waals surface area (Å²) >= 11 is 0. The van der Waals surface area contributed by atoms with Crippen molar-refractivity contribution >= 4 is 11.9 Å². The molecule has 2 aliphatic carbocycles. The molecule has 0 spiro atoms. The molecule has 0 aromatic carbocycles. The van der Waals surface area contributed by atoms with Gasteiger partial charge in [0.05, 0.1) is 13.2 Å². The zero-order valence-electron chi connectivity index (χ0n) is 10.5. The monoisotopic (exact) mass is 240 g/mol. The van der Waals surface area contributed by atoms with Crippen LogP contribution in [-0.2, 0) is 19.1 Å². The van der Waals surface area contributed by atoms with Crippen molar-refractivity contribution in [1.82, 2.24) is 0 Å². The van der Waals surface area contributed by atoms with Crippen LogP contribution in [0.2, 0.25) is 0 Å². The predicted molar refractivity (Wildman–Crippen MR) is 61.1 cm³/mol. The number of esters is 2. The van der Waals surface area contributed by atoms with Crippen LogP contribution >= 0.6 is 0 Å². The Morgan fingerprint density at radius 1 is 0.941 bits per heavy atom. The highest BCUT2D eigenvalue weighted by Gasteiger charge is 2.48. The molecular formula is C13H20O4. The normalized spacial score (nSPS) is 34.7. The van der Waals surface area contributed by atoms with Crippen LogP contribution in [0.1, 0.15) is 33.1 Å². The Labute approximate surface area is 102 Å². The van der Waals surface area contributed by atoms with Gasteiger partial charge in [-0.1, -0.05) is 0 Å². The van der Waals surface area contributed by atoms with E-state index >= 15 is 0 Å². The maximum absolute atomic E-state index is 10.9. The second kappa shape index (κ2) is 5.07. The fraction of sp³-hybridized carbons (Fsp3) is 0.846. The van der Waals surface area contributed by atoms with E-state index in [9.17, 15) is 9.59 Å². The molecule has 2 saturated carbocycles. The highest BCUT2D eigenvalue weighted by Crippen LogP contribution is 2.52. The second-order valence-corrected chi connectivity index (χ2v) is 5.27. The second-order valence-electron chi connectivity index (χ2n) is 5.27. The Morgan fingerprint density at radius 2 is 1.35 bits per heavy atom. The summed E-state index contributed by atoms with van der Waals surface area (Å²) in [5.74, 6) is 1.63. The number of rotatable bonds is 4. The van der Waals surface area contributed by atoms with Crippen molar-refractivity contribution in [2.24, 2.45) is 23.7 Å². The van der Waals surface area contributed by atoms with Crippen LogP contribution in [0.15, 0.2) is 0 Å². The summed E-state index contributed by atoms with van der Waals surface area (Å²) in [4.78, 5) is 21.7.